The van der Waals surface area contributed by atoms with Crippen molar-refractivity contribution in [3.63, 3.8) is 0 Å². The fourth-order valence-corrected chi connectivity index (χ4v) is 1.03. The van der Waals surface area contributed by atoms with Crippen molar-refractivity contribution in [3.8, 4) is 5.75 Å². The first kappa shape index (κ1) is 15.0. The molecule has 0 radical (unpaired) electrons. The van der Waals surface area contributed by atoms with Crippen LogP contribution in [0.15, 0.2) is 29.3 Å². The average molecular weight is 339 g/mol. The summed E-state index contributed by atoms with van der Waals surface area (Å²) in [4.78, 5) is 3.78. The van der Waals surface area contributed by atoms with E-state index in [0.717, 1.165) is 0 Å². The van der Waals surface area contributed by atoms with Crippen LogP contribution in [0.2, 0.25) is 0 Å². The van der Waals surface area contributed by atoms with Crippen molar-refractivity contribution >= 4 is 29.9 Å². The van der Waals surface area contributed by atoms with E-state index in [-0.39, 0.29) is 41.8 Å². The summed E-state index contributed by atoms with van der Waals surface area (Å²) in [7, 11) is 0. The molecule has 0 aliphatic heterocycles. The van der Waals surface area contributed by atoms with E-state index in [1.807, 2.05) is 0 Å². The van der Waals surface area contributed by atoms with Crippen LogP contribution in [0.25, 0.3) is 0 Å². The fourth-order valence-electron chi connectivity index (χ4n) is 1.03. The van der Waals surface area contributed by atoms with Gasteiger partial charge in [0.1, 0.15) is 6.10 Å². The van der Waals surface area contributed by atoms with Crippen molar-refractivity contribution in [2.24, 2.45) is 16.5 Å². The summed E-state index contributed by atoms with van der Waals surface area (Å²) in [6.07, 6.45) is -0.274. The largest absolute Gasteiger partial charge is 0.486 e. The Labute approximate surface area is 111 Å². The number of benzene rings is 1. The molecule has 1 rings (SSSR count). The Bertz CT molecular complexity index is 356. The molecule has 1 unspecified atom stereocenters. The lowest BCUT2D eigenvalue weighted by Crippen LogP contribution is -2.26. The lowest BCUT2D eigenvalue weighted by molar-refractivity contribution is 0.220. The first-order valence-electron chi connectivity index (χ1n) is 4.56. The van der Waals surface area contributed by atoms with Crippen LogP contribution >= 0.6 is 24.0 Å². The van der Waals surface area contributed by atoms with Crippen LogP contribution in [-0.2, 0) is 0 Å². The summed E-state index contributed by atoms with van der Waals surface area (Å²) >= 11 is 0. The van der Waals surface area contributed by atoms with E-state index in [1.165, 1.54) is 6.07 Å². The Morgan fingerprint density at radius 1 is 1.44 bits per heavy atom. The van der Waals surface area contributed by atoms with Gasteiger partial charge in [-0.15, -0.1) is 24.0 Å². The van der Waals surface area contributed by atoms with E-state index in [9.17, 15) is 4.39 Å². The third kappa shape index (κ3) is 5.15. The van der Waals surface area contributed by atoms with Crippen LogP contribution < -0.4 is 16.2 Å². The molecule has 0 spiro atoms. The molecule has 0 heterocycles. The van der Waals surface area contributed by atoms with E-state index in [0.29, 0.717) is 6.54 Å². The number of nitrogens with zero attached hydrogens (tertiary/aromatic N) is 1. The molecule has 0 bridgehead atoms. The summed E-state index contributed by atoms with van der Waals surface area (Å²) in [6.45, 7) is 2.07. The molecule has 90 valence electrons. The number of rotatable bonds is 4. The second-order valence-corrected chi connectivity index (χ2v) is 3.12. The summed E-state index contributed by atoms with van der Waals surface area (Å²) in [5.74, 6) is -0.191. The maximum absolute atomic E-state index is 13.1. The van der Waals surface area contributed by atoms with Crippen LogP contribution in [0, 0.1) is 5.82 Å². The van der Waals surface area contributed by atoms with Gasteiger partial charge in [-0.1, -0.05) is 12.1 Å². The zero-order chi connectivity index (χ0) is 11.3. The molecule has 0 aromatic heterocycles. The maximum atomic E-state index is 13.1. The second kappa shape index (κ2) is 7.26. The molecule has 4 nitrogen and oxygen atoms in total. The van der Waals surface area contributed by atoms with Gasteiger partial charge in [0.15, 0.2) is 17.5 Å². The van der Waals surface area contributed by atoms with Crippen LogP contribution in [0.3, 0.4) is 0 Å². The molecule has 0 aliphatic rings. The average Bonchev–Trinajstić information content (AvgIpc) is 2.18. The number of guanidine groups is 1. The predicted octanol–water partition coefficient (Wildman–Crippen LogP) is 1.48. The Hall–Kier alpha value is -1.05. The van der Waals surface area contributed by atoms with Gasteiger partial charge in [0.25, 0.3) is 0 Å². The number of para-hydroxylation sites is 1. The van der Waals surface area contributed by atoms with E-state index in [4.69, 9.17) is 16.2 Å². The normalized spacial score (nSPS) is 11.1. The number of ether oxygens (including phenoxy) is 1. The van der Waals surface area contributed by atoms with Gasteiger partial charge in [-0.25, -0.2) is 9.38 Å². The lowest BCUT2D eigenvalue weighted by atomic mass is 10.3. The van der Waals surface area contributed by atoms with Crippen molar-refractivity contribution < 1.29 is 9.13 Å². The summed E-state index contributed by atoms with van der Waals surface area (Å²) in [6, 6.07) is 6.19. The second-order valence-electron chi connectivity index (χ2n) is 3.12. The van der Waals surface area contributed by atoms with Gasteiger partial charge in [-0.2, -0.15) is 0 Å². The van der Waals surface area contributed by atoms with Gasteiger partial charge < -0.3 is 16.2 Å². The molecule has 1 aromatic rings. The molecular formula is C10H15FIN3O. The molecule has 0 amide bonds. The molecule has 0 aliphatic carbocycles. The quantitative estimate of drug-likeness (QED) is 0.496. The molecule has 6 heteroatoms. The summed E-state index contributed by atoms with van der Waals surface area (Å²) < 4.78 is 18.4. The van der Waals surface area contributed by atoms with Crippen molar-refractivity contribution in [1.82, 2.24) is 0 Å². The topological polar surface area (TPSA) is 73.6 Å². The van der Waals surface area contributed by atoms with E-state index < -0.39 is 5.82 Å². The Morgan fingerprint density at radius 2 is 2.06 bits per heavy atom. The first-order valence-corrected chi connectivity index (χ1v) is 4.56. The number of aliphatic imine (C=N–C) groups is 1. The van der Waals surface area contributed by atoms with Gasteiger partial charge in [-0.3, -0.25) is 0 Å². The van der Waals surface area contributed by atoms with Crippen LogP contribution in [-0.4, -0.2) is 18.6 Å². The third-order valence-corrected chi connectivity index (χ3v) is 1.70. The number of hydrogen-bond acceptors (Lipinski definition) is 2. The monoisotopic (exact) mass is 339 g/mol. The SMILES string of the molecule is CC(CN=C(N)N)Oc1ccccc1F.I. The summed E-state index contributed by atoms with van der Waals surface area (Å²) in [5, 5.41) is 0. The highest BCUT2D eigenvalue weighted by molar-refractivity contribution is 14.0. The number of nitrogens with two attached hydrogens (primary N) is 2. The van der Waals surface area contributed by atoms with E-state index in [1.54, 1.807) is 25.1 Å². The lowest BCUT2D eigenvalue weighted by Gasteiger charge is -2.12. The zero-order valence-electron chi connectivity index (χ0n) is 8.89. The smallest absolute Gasteiger partial charge is 0.186 e. The standard InChI is InChI=1S/C10H14FN3O.HI/c1-7(6-14-10(12)13)15-9-5-3-2-4-8(9)11;/h2-5,7H,6H2,1H3,(H4,12,13,14);1H. The molecule has 1 aromatic carbocycles. The minimum atomic E-state index is -0.394. The minimum Gasteiger partial charge on any atom is -0.486 e. The van der Waals surface area contributed by atoms with Crippen LogP contribution in [0.1, 0.15) is 6.92 Å². The highest BCUT2D eigenvalue weighted by Gasteiger charge is 2.06. The maximum Gasteiger partial charge on any atom is 0.186 e. The number of halogens is 2. The van der Waals surface area contributed by atoms with E-state index in [2.05, 4.69) is 4.99 Å². The molecule has 16 heavy (non-hydrogen) atoms. The molecule has 0 fully saturated rings. The van der Waals surface area contributed by atoms with Gasteiger partial charge in [0.2, 0.25) is 0 Å². The molecule has 4 N–H and O–H groups in total. The van der Waals surface area contributed by atoms with Crippen LogP contribution in [0.4, 0.5) is 4.39 Å². The predicted molar refractivity (Wildman–Crippen MR) is 72.6 cm³/mol. The van der Waals surface area contributed by atoms with Gasteiger partial charge in [0.05, 0.1) is 6.54 Å². The van der Waals surface area contributed by atoms with Crippen molar-refractivity contribution in [3.05, 3.63) is 30.1 Å². The molecular weight excluding hydrogens is 324 g/mol. The minimum absolute atomic E-state index is 0. The Balaban J connectivity index is 0.00000225. The molecule has 0 saturated carbocycles. The Morgan fingerprint density at radius 3 is 2.62 bits per heavy atom. The van der Waals surface area contributed by atoms with E-state index >= 15 is 0 Å². The first-order chi connectivity index (χ1) is 7.09. The third-order valence-electron chi connectivity index (χ3n) is 1.70. The zero-order valence-corrected chi connectivity index (χ0v) is 11.2. The van der Waals surface area contributed by atoms with Gasteiger partial charge in [-0.05, 0) is 19.1 Å². The van der Waals surface area contributed by atoms with Gasteiger partial charge >= 0.3 is 0 Å². The number of hydrogen-bond donors (Lipinski definition) is 2. The van der Waals surface area contributed by atoms with Gasteiger partial charge in [0, 0.05) is 0 Å². The van der Waals surface area contributed by atoms with Crippen molar-refractivity contribution in [2.75, 3.05) is 6.54 Å². The summed E-state index contributed by atoms with van der Waals surface area (Å²) in [5.41, 5.74) is 10.3. The Kier molecular flexibility index (Phi) is 6.78. The van der Waals surface area contributed by atoms with Crippen molar-refractivity contribution in [2.45, 2.75) is 13.0 Å². The van der Waals surface area contributed by atoms with Crippen molar-refractivity contribution in [1.29, 1.82) is 0 Å². The highest BCUT2D eigenvalue weighted by atomic mass is 127. The highest BCUT2D eigenvalue weighted by Crippen LogP contribution is 2.16. The fraction of sp³-hybridized carbons (Fsp3) is 0.300. The van der Waals surface area contributed by atoms with Crippen LogP contribution in [0.5, 0.6) is 5.75 Å². The molecule has 0 saturated heterocycles. The molecule has 1 atom stereocenters.